The van der Waals surface area contributed by atoms with E-state index >= 15 is 0 Å². The zero-order valence-corrected chi connectivity index (χ0v) is 10.7. The molecule has 0 aliphatic heterocycles. The molecule has 0 aromatic heterocycles. The molecule has 3 heteroatoms. The van der Waals surface area contributed by atoms with Gasteiger partial charge in [0.15, 0.2) is 0 Å². The minimum Gasteiger partial charge on any atom is -0.393 e. The molecule has 1 atom stereocenters. The first-order valence-corrected chi connectivity index (χ1v) is 2.80. The van der Waals surface area contributed by atoms with Crippen molar-refractivity contribution in [3.05, 3.63) is 0 Å². The van der Waals surface area contributed by atoms with Gasteiger partial charge in [0.25, 0.3) is 0 Å². The van der Waals surface area contributed by atoms with Crippen molar-refractivity contribution < 1.29 is 54.0 Å². The minimum absolute atomic E-state index is 0. The summed E-state index contributed by atoms with van der Waals surface area (Å²) < 4.78 is 0. The largest absolute Gasteiger partial charge is 0.393 e. The first-order valence-electron chi connectivity index (χ1n) is 2.80. The number of carbonyl (C=O) groups excluding carboxylic acids is 1. The van der Waals surface area contributed by atoms with Gasteiger partial charge in [-0.15, -0.1) is 0 Å². The van der Waals surface area contributed by atoms with Gasteiger partial charge in [-0.1, -0.05) is 0 Å². The number of hydrogen-bond acceptors (Lipinski definition) is 2. The zero-order valence-electron chi connectivity index (χ0n) is 5.92. The average molecular weight is 343 g/mol. The van der Waals surface area contributed by atoms with Crippen molar-refractivity contribution in [1.29, 1.82) is 0 Å². The Bertz CT molecular complexity index is 81.1. The van der Waals surface area contributed by atoms with Gasteiger partial charge >= 0.3 is 0 Å². The number of Topliss-reactive ketones (excluding diaryl/α,β-unsaturated/α-hetero) is 1. The third-order valence-electron chi connectivity index (χ3n) is 0.914. The SMILES string of the molecule is CC(=O)CCC(C)O.[Ac]. The predicted octanol–water partition coefficient (Wildman–Crippen LogP) is 0.736. The standard InChI is InChI=1S/C6H12O2.Ac/c1-5(7)3-4-6(2)8;/h5,7H,3-4H2,1-2H3;. The second-order valence-corrected chi connectivity index (χ2v) is 2.09. The third-order valence-corrected chi connectivity index (χ3v) is 0.914. The van der Waals surface area contributed by atoms with Crippen molar-refractivity contribution in [2.24, 2.45) is 0 Å². The van der Waals surface area contributed by atoms with Crippen LogP contribution in [0, 0.1) is 44.1 Å². The molecule has 1 N–H and O–H groups in total. The van der Waals surface area contributed by atoms with Crippen LogP contribution in [0.15, 0.2) is 0 Å². The topological polar surface area (TPSA) is 37.3 Å². The smallest absolute Gasteiger partial charge is 0.129 e. The van der Waals surface area contributed by atoms with Crippen molar-refractivity contribution in [3.8, 4) is 0 Å². The Kier molecular flexibility index (Phi) is 10.2. The van der Waals surface area contributed by atoms with E-state index < -0.39 is 0 Å². The van der Waals surface area contributed by atoms with Crippen molar-refractivity contribution in [2.75, 3.05) is 0 Å². The van der Waals surface area contributed by atoms with Crippen molar-refractivity contribution in [3.63, 3.8) is 0 Å². The van der Waals surface area contributed by atoms with E-state index in [1.807, 2.05) is 0 Å². The van der Waals surface area contributed by atoms with Crippen molar-refractivity contribution in [2.45, 2.75) is 32.8 Å². The van der Waals surface area contributed by atoms with Crippen LogP contribution in [0.3, 0.4) is 0 Å². The fourth-order valence-corrected chi connectivity index (χ4v) is 0.412. The van der Waals surface area contributed by atoms with E-state index in [0.717, 1.165) is 0 Å². The molecule has 0 heterocycles. The number of rotatable bonds is 3. The molecule has 1 radical (unpaired) electrons. The first-order chi connectivity index (χ1) is 3.63. The zero-order chi connectivity index (χ0) is 6.57. The molecular formula is C6H12AcO2. The monoisotopic (exact) mass is 343 g/mol. The molecule has 0 amide bonds. The van der Waals surface area contributed by atoms with Crippen molar-refractivity contribution in [1.82, 2.24) is 0 Å². The van der Waals surface area contributed by atoms with E-state index in [-0.39, 0.29) is 55.9 Å². The Labute approximate surface area is 91.6 Å². The molecule has 0 aliphatic carbocycles. The Morgan fingerprint density at radius 3 is 2.22 bits per heavy atom. The summed E-state index contributed by atoms with van der Waals surface area (Å²) in [6.07, 6.45) is 0.756. The summed E-state index contributed by atoms with van der Waals surface area (Å²) in [4.78, 5) is 10.2. The fourth-order valence-electron chi connectivity index (χ4n) is 0.412. The number of ketones is 1. The Morgan fingerprint density at radius 2 is 2.11 bits per heavy atom. The summed E-state index contributed by atoms with van der Waals surface area (Å²) in [5.41, 5.74) is 0. The van der Waals surface area contributed by atoms with Gasteiger partial charge in [0.2, 0.25) is 0 Å². The molecule has 1 unspecified atom stereocenters. The van der Waals surface area contributed by atoms with Crippen LogP contribution in [0.1, 0.15) is 26.7 Å². The van der Waals surface area contributed by atoms with Gasteiger partial charge in [0.05, 0.1) is 6.10 Å². The van der Waals surface area contributed by atoms with Gasteiger partial charge in [-0.3, -0.25) is 0 Å². The number of carbonyl (C=O) groups is 1. The maximum absolute atomic E-state index is 10.2. The third kappa shape index (κ3) is 12.3. The molecule has 0 saturated heterocycles. The van der Waals surface area contributed by atoms with Crippen LogP contribution in [-0.2, 0) is 4.79 Å². The van der Waals surface area contributed by atoms with Gasteiger partial charge in [-0.2, -0.15) is 0 Å². The minimum atomic E-state index is -0.334. The van der Waals surface area contributed by atoms with Crippen LogP contribution >= 0.6 is 0 Å². The summed E-state index contributed by atoms with van der Waals surface area (Å²) >= 11 is 0. The van der Waals surface area contributed by atoms with E-state index in [0.29, 0.717) is 12.8 Å². The maximum Gasteiger partial charge on any atom is 0.129 e. The number of hydrogen-bond donors (Lipinski definition) is 1. The van der Waals surface area contributed by atoms with E-state index in [2.05, 4.69) is 0 Å². The van der Waals surface area contributed by atoms with Gasteiger partial charge in [-0.05, 0) is 20.3 Å². The van der Waals surface area contributed by atoms with Gasteiger partial charge in [-0.25, -0.2) is 0 Å². The summed E-state index contributed by atoms with van der Waals surface area (Å²) in [7, 11) is 0. The van der Waals surface area contributed by atoms with E-state index in [1.54, 1.807) is 6.92 Å². The Balaban J connectivity index is 0. The maximum atomic E-state index is 10.2. The van der Waals surface area contributed by atoms with Crippen LogP contribution in [0.5, 0.6) is 0 Å². The Hall–Kier alpha value is 1.07. The van der Waals surface area contributed by atoms with Gasteiger partial charge < -0.3 is 9.90 Å². The summed E-state index contributed by atoms with van der Waals surface area (Å²) in [6, 6.07) is 0. The molecule has 0 rings (SSSR count). The molecule has 9 heavy (non-hydrogen) atoms. The molecule has 51 valence electrons. The average Bonchev–Trinajstić information content (AvgIpc) is 1.61. The summed E-state index contributed by atoms with van der Waals surface area (Å²) in [5, 5.41) is 8.65. The molecular weight excluding hydrogens is 331 g/mol. The molecule has 0 spiro atoms. The molecule has 0 bridgehead atoms. The van der Waals surface area contributed by atoms with Gasteiger partial charge in [0, 0.05) is 50.5 Å². The quantitative estimate of drug-likeness (QED) is 0.821. The van der Waals surface area contributed by atoms with Crippen LogP contribution in [0.2, 0.25) is 0 Å². The van der Waals surface area contributed by atoms with Crippen molar-refractivity contribution >= 4 is 5.78 Å². The fraction of sp³-hybridized carbons (Fsp3) is 0.833. The molecule has 0 fully saturated rings. The molecule has 2 nitrogen and oxygen atoms in total. The second-order valence-electron chi connectivity index (χ2n) is 2.09. The molecule has 0 aromatic rings. The normalized spacial score (nSPS) is 11.9. The van der Waals surface area contributed by atoms with E-state index in [9.17, 15) is 4.79 Å². The molecule has 0 saturated carbocycles. The number of aliphatic hydroxyl groups is 1. The van der Waals surface area contributed by atoms with E-state index in [1.165, 1.54) is 6.92 Å². The number of aliphatic hydroxyl groups excluding tert-OH is 1. The Morgan fingerprint density at radius 1 is 1.67 bits per heavy atom. The summed E-state index contributed by atoms with van der Waals surface area (Å²) in [5.74, 6) is 0.144. The van der Waals surface area contributed by atoms with Crippen LogP contribution in [-0.4, -0.2) is 17.0 Å². The van der Waals surface area contributed by atoms with Crippen LogP contribution < -0.4 is 0 Å². The molecule has 0 aliphatic rings. The molecule has 0 aromatic carbocycles. The van der Waals surface area contributed by atoms with E-state index in [4.69, 9.17) is 5.11 Å². The summed E-state index contributed by atoms with van der Waals surface area (Å²) in [6.45, 7) is 3.21. The first kappa shape index (κ1) is 12.7. The second kappa shape index (κ2) is 7.18. The van der Waals surface area contributed by atoms with Gasteiger partial charge in [0.1, 0.15) is 5.78 Å². The van der Waals surface area contributed by atoms with Crippen LogP contribution in [0.25, 0.3) is 0 Å². The van der Waals surface area contributed by atoms with Crippen LogP contribution in [0.4, 0.5) is 0 Å². The predicted molar refractivity (Wildman–Crippen MR) is 31.6 cm³/mol.